The summed E-state index contributed by atoms with van der Waals surface area (Å²) < 4.78 is 3.51. The maximum atomic E-state index is 10.7. The number of carbonyl (C=O) groups excluding carboxylic acids is 2. The van der Waals surface area contributed by atoms with E-state index in [1.165, 1.54) is 13.8 Å². The average molecular weight is 562 g/mol. The summed E-state index contributed by atoms with van der Waals surface area (Å²) in [6.45, 7) is 3.81. The standard InChI is InChI=1S/C9H13N2O2.I3/c1-8(12)5-10-3-4-11(7-10)6-9(2)13;1-3-2/h3-4,7H,5-6H2,1-2H3;/q+1;-1. The van der Waals surface area contributed by atoms with Crippen LogP contribution in [0.5, 0.6) is 0 Å². The van der Waals surface area contributed by atoms with Gasteiger partial charge in [0.1, 0.15) is 25.5 Å². The predicted molar refractivity (Wildman–Crippen MR) is 74.0 cm³/mol. The van der Waals surface area contributed by atoms with Gasteiger partial charge in [-0.3, -0.25) is 9.59 Å². The Bertz CT molecular complexity index is 322. The molecule has 1 aromatic heterocycles. The van der Waals surface area contributed by atoms with E-state index in [-0.39, 0.29) is 11.6 Å². The van der Waals surface area contributed by atoms with E-state index in [0.717, 1.165) is 0 Å². The van der Waals surface area contributed by atoms with E-state index >= 15 is 0 Å². The normalized spacial score (nSPS) is 9.50. The second-order valence-electron chi connectivity index (χ2n) is 3.22. The second kappa shape index (κ2) is 9.74. The summed E-state index contributed by atoms with van der Waals surface area (Å²) in [5.74, 6) is 0.205. The fraction of sp³-hybridized carbons (Fsp3) is 0.444. The molecule has 1 heterocycles. The predicted octanol–water partition coefficient (Wildman–Crippen LogP) is -1.27. The van der Waals surface area contributed by atoms with Crippen LogP contribution >= 0.6 is 37.2 Å². The number of ketones is 2. The van der Waals surface area contributed by atoms with E-state index in [1.807, 2.05) is 0 Å². The van der Waals surface area contributed by atoms with Crippen LogP contribution in [0.3, 0.4) is 0 Å². The topological polar surface area (TPSA) is 43.0 Å². The molecule has 4 nitrogen and oxygen atoms in total. The van der Waals surface area contributed by atoms with Crippen LogP contribution in [-0.4, -0.2) is 16.1 Å². The number of nitrogens with zero attached hydrogens (tertiary/aromatic N) is 2. The van der Waals surface area contributed by atoms with Gasteiger partial charge in [-0.2, -0.15) is 0 Å². The van der Waals surface area contributed by atoms with Crippen LogP contribution in [0.4, 0.5) is 0 Å². The molecule has 0 saturated heterocycles. The molecule has 0 radical (unpaired) electrons. The van der Waals surface area contributed by atoms with Crippen LogP contribution in [0.15, 0.2) is 18.7 Å². The van der Waals surface area contributed by atoms with E-state index in [1.54, 1.807) is 27.9 Å². The molecule has 92 valence electrons. The Hall–Kier alpha value is 0.740. The quantitative estimate of drug-likeness (QED) is 0.340. The van der Waals surface area contributed by atoms with Crippen molar-refractivity contribution in [3.63, 3.8) is 0 Å². The van der Waals surface area contributed by atoms with Gasteiger partial charge in [-0.05, 0) is 13.8 Å². The molecule has 1 aromatic rings. The second-order valence-corrected chi connectivity index (χ2v) is 19.5. The molecule has 0 aromatic carbocycles. The Balaban J connectivity index is 0.000000673. The van der Waals surface area contributed by atoms with Crippen molar-refractivity contribution in [3.8, 4) is 0 Å². The van der Waals surface area contributed by atoms with Crippen molar-refractivity contribution in [1.82, 2.24) is 4.57 Å². The van der Waals surface area contributed by atoms with Crippen molar-refractivity contribution in [2.75, 3.05) is 0 Å². The summed E-state index contributed by atoms with van der Waals surface area (Å²) in [5, 5.41) is 0. The first kappa shape index (κ1) is 16.7. The number of carbonyl (C=O) groups is 2. The summed E-state index contributed by atoms with van der Waals surface area (Å²) in [7, 11) is 0. The van der Waals surface area contributed by atoms with Gasteiger partial charge in [0, 0.05) is 0 Å². The summed E-state index contributed by atoms with van der Waals surface area (Å²) in [5.41, 5.74) is 0. The molecule has 7 heteroatoms. The number of hydrogen-bond acceptors (Lipinski definition) is 2. The SMILES string of the molecule is CC(=O)Cn1cc[n+](CC(C)=O)c1.I[I-]I. The Morgan fingerprint density at radius 1 is 1.31 bits per heavy atom. The third kappa shape index (κ3) is 8.84. The molecule has 1 rings (SSSR count). The van der Waals surface area contributed by atoms with E-state index in [2.05, 4.69) is 37.2 Å². The average Bonchev–Trinajstić information content (AvgIpc) is 2.51. The van der Waals surface area contributed by atoms with Crippen LogP contribution in [0.2, 0.25) is 0 Å². The molecule has 0 aliphatic carbocycles. The molecule has 0 aliphatic heterocycles. The van der Waals surface area contributed by atoms with Crippen molar-refractivity contribution in [2.24, 2.45) is 0 Å². The molecule has 0 atom stereocenters. The monoisotopic (exact) mass is 562 g/mol. The fourth-order valence-corrected chi connectivity index (χ4v) is 1.14. The summed E-state index contributed by atoms with van der Waals surface area (Å²) in [6, 6.07) is 0. The summed E-state index contributed by atoms with van der Waals surface area (Å²) in [6.07, 6.45) is 5.32. The van der Waals surface area contributed by atoms with Gasteiger partial charge in [0.15, 0.2) is 11.6 Å². The van der Waals surface area contributed by atoms with Crippen LogP contribution in [0.1, 0.15) is 13.8 Å². The van der Waals surface area contributed by atoms with Crippen molar-refractivity contribution < 1.29 is 27.4 Å². The Kier molecular flexibility index (Phi) is 10.2. The van der Waals surface area contributed by atoms with Gasteiger partial charge < -0.3 is 0 Å². The minimum atomic E-state index is 0.102. The zero-order valence-electron chi connectivity index (χ0n) is 8.99. The fourth-order valence-electron chi connectivity index (χ4n) is 1.14. The van der Waals surface area contributed by atoms with Crippen LogP contribution in [-0.2, 0) is 22.7 Å². The van der Waals surface area contributed by atoms with E-state index in [0.29, 0.717) is 26.3 Å². The maximum absolute atomic E-state index is 10.7. The van der Waals surface area contributed by atoms with Gasteiger partial charge in [0.2, 0.25) is 6.33 Å². The third-order valence-electron chi connectivity index (χ3n) is 1.56. The van der Waals surface area contributed by atoms with Crippen LogP contribution < -0.4 is 17.8 Å². The number of halogens is 3. The van der Waals surface area contributed by atoms with Crippen molar-refractivity contribution in [2.45, 2.75) is 26.9 Å². The van der Waals surface area contributed by atoms with Crippen LogP contribution in [0.25, 0.3) is 0 Å². The molecular weight excluding hydrogens is 549 g/mol. The van der Waals surface area contributed by atoms with Crippen molar-refractivity contribution in [3.05, 3.63) is 18.7 Å². The van der Waals surface area contributed by atoms with Gasteiger partial charge in [0.05, 0.1) is 0 Å². The molecule has 0 aliphatic rings. The number of aromatic nitrogens is 2. The Labute approximate surface area is 125 Å². The third-order valence-corrected chi connectivity index (χ3v) is 1.56. The molecule has 0 bridgehead atoms. The molecule has 0 fully saturated rings. The molecule has 0 N–H and O–H groups in total. The zero-order valence-corrected chi connectivity index (χ0v) is 15.5. The summed E-state index contributed by atoms with van der Waals surface area (Å²) in [4.78, 5) is 21.5. The first-order valence-electron chi connectivity index (χ1n) is 4.40. The van der Waals surface area contributed by atoms with Crippen molar-refractivity contribution >= 4 is 48.8 Å². The van der Waals surface area contributed by atoms with Gasteiger partial charge >= 0.3 is 50.5 Å². The Morgan fingerprint density at radius 2 is 1.88 bits per heavy atom. The van der Waals surface area contributed by atoms with Gasteiger partial charge in [-0.25, -0.2) is 9.13 Å². The Morgan fingerprint density at radius 3 is 2.31 bits per heavy atom. The van der Waals surface area contributed by atoms with Crippen LogP contribution in [0, 0.1) is 0 Å². The number of rotatable bonds is 4. The minimum absolute atomic E-state index is 0.102. The number of Topliss-reactive ketones (excluding diaryl/α,β-unsaturated/α-hetero) is 2. The first-order valence-corrected chi connectivity index (χ1v) is 17.0. The number of hydrogen-bond donors (Lipinski definition) is 0. The van der Waals surface area contributed by atoms with E-state index in [9.17, 15) is 9.59 Å². The molecular formula is C9H13I3N2O2. The molecule has 0 amide bonds. The van der Waals surface area contributed by atoms with E-state index in [4.69, 9.17) is 0 Å². The zero-order chi connectivity index (χ0) is 12.6. The summed E-state index contributed by atoms with van der Waals surface area (Å²) >= 11 is 5.30. The first-order chi connectivity index (χ1) is 7.49. The molecule has 0 spiro atoms. The van der Waals surface area contributed by atoms with Gasteiger partial charge in [-0.1, -0.05) is 0 Å². The molecule has 0 saturated carbocycles. The van der Waals surface area contributed by atoms with Gasteiger partial charge in [-0.15, -0.1) is 0 Å². The number of imidazole rings is 1. The van der Waals surface area contributed by atoms with E-state index < -0.39 is 0 Å². The molecule has 0 unspecified atom stereocenters. The molecule has 16 heavy (non-hydrogen) atoms. The van der Waals surface area contributed by atoms with Gasteiger partial charge in [0.25, 0.3) is 0 Å². The van der Waals surface area contributed by atoms with Crippen molar-refractivity contribution in [1.29, 1.82) is 0 Å².